The lowest BCUT2D eigenvalue weighted by molar-refractivity contribution is -0.138. The van der Waals surface area contributed by atoms with Gasteiger partial charge < -0.3 is 10.2 Å². The van der Waals surface area contributed by atoms with Crippen molar-refractivity contribution in [3.8, 4) is 0 Å². The molecule has 0 saturated heterocycles. The number of hydrogen-bond donors (Lipinski definition) is 1. The second-order valence-electron chi connectivity index (χ2n) is 7.32. The molecule has 4 nitrogen and oxygen atoms in total. The van der Waals surface area contributed by atoms with E-state index in [0.717, 1.165) is 24.0 Å². The molecule has 2 aromatic carbocycles. The van der Waals surface area contributed by atoms with Crippen LogP contribution < -0.4 is 5.32 Å². The smallest absolute Gasteiger partial charge is 0.242 e. The zero-order valence-corrected chi connectivity index (χ0v) is 21.8. The molecule has 1 N–H and O–H groups in total. The van der Waals surface area contributed by atoms with Crippen molar-refractivity contribution >= 4 is 70.0 Å². The third-order valence-electron chi connectivity index (χ3n) is 4.83. The van der Waals surface area contributed by atoms with Crippen LogP contribution in [0.1, 0.15) is 37.8 Å². The SMILES string of the molecule is CCCCNC(=O)C(C)N(Cc1ccc(Cl)c(Cl)c1)C(=O)CSCc1ccc(Cl)cc1Cl. The van der Waals surface area contributed by atoms with Crippen molar-refractivity contribution in [1.82, 2.24) is 10.2 Å². The summed E-state index contributed by atoms with van der Waals surface area (Å²) in [5.74, 6) is 0.425. The summed E-state index contributed by atoms with van der Waals surface area (Å²) in [7, 11) is 0. The molecule has 0 heterocycles. The van der Waals surface area contributed by atoms with Gasteiger partial charge in [-0.2, -0.15) is 0 Å². The number of hydrogen-bond acceptors (Lipinski definition) is 3. The monoisotopic (exact) mass is 534 g/mol. The maximum atomic E-state index is 13.1. The summed E-state index contributed by atoms with van der Waals surface area (Å²) in [6.45, 7) is 4.62. The first-order valence-corrected chi connectivity index (χ1v) is 12.9. The Morgan fingerprint density at radius 2 is 1.78 bits per heavy atom. The standard InChI is InChI=1S/C23H26Cl4N2O2S/c1-3-4-9-28-23(31)15(2)29(12-16-5-8-19(25)21(27)10-16)22(30)14-32-13-17-6-7-18(24)11-20(17)26/h5-8,10-11,15H,3-4,9,12-14H2,1-2H3,(H,28,31). The van der Waals surface area contributed by atoms with Gasteiger partial charge in [-0.1, -0.05) is 71.9 Å². The number of benzene rings is 2. The van der Waals surface area contributed by atoms with E-state index in [-0.39, 0.29) is 24.1 Å². The van der Waals surface area contributed by atoms with Crippen molar-refractivity contribution < 1.29 is 9.59 Å². The van der Waals surface area contributed by atoms with Crippen molar-refractivity contribution in [2.45, 2.75) is 45.0 Å². The van der Waals surface area contributed by atoms with Crippen LogP contribution in [0.25, 0.3) is 0 Å². The van der Waals surface area contributed by atoms with E-state index in [1.807, 2.05) is 6.07 Å². The van der Waals surface area contributed by atoms with E-state index < -0.39 is 6.04 Å². The molecule has 0 fully saturated rings. The number of carbonyl (C=O) groups is 2. The maximum Gasteiger partial charge on any atom is 0.242 e. The first-order chi connectivity index (χ1) is 15.2. The fourth-order valence-electron chi connectivity index (χ4n) is 2.92. The predicted molar refractivity (Wildman–Crippen MR) is 137 cm³/mol. The minimum absolute atomic E-state index is 0.149. The Bertz CT molecular complexity index is 942. The van der Waals surface area contributed by atoms with Crippen LogP contribution in [-0.2, 0) is 21.9 Å². The van der Waals surface area contributed by atoms with Crippen molar-refractivity contribution in [1.29, 1.82) is 0 Å². The highest BCUT2D eigenvalue weighted by atomic mass is 35.5. The summed E-state index contributed by atoms with van der Waals surface area (Å²) in [4.78, 5) is 27.3. The summed E-state index contributed by atoms with van der Waals surface area (Å²) >= 11 is 25.8. The van der Waals surface area contributed by atoms with E-state index in [1.54, 1.807) is 42.2 Å². The molecular formula is C23H26Cl4N2O2S. The van der Waals surface area contributed by atoms with Crippen molar-refractivity contribution in [3.05, 3.63) is 67.6 Å². The van der Waals surface area contributed by atoms with Crippen LogP contribution in [0.3, 0.4) is 0 Å². The molecule has 9 heteroatoms. The molecule has 1 atom stereocenters. The van der Waals surface area contributed by atoms with E-state index in [2.05, 4.69) is 12.2 Å². The molecule has 2 aromatic rings. The molecule has 0 saturated carbocycles. The van der Waals surface area contributed by atoms with Gasteiger partial charge in [0.15, 0.2) is 0 Å². The lowest BCUT2D eigenvalue weighted by Crippen LogP contribution is -2.48. The van der Waals surface area contributed by atoms with Gasteiger partial charge in [-0.05, 0) is 48.7 Å². The number of nitrogens with zero attached hydrogens (tertiary/aromatic N) is 1. The number of carbonyl (C=O) groups excluding carboxylic acids is 2. The normalized spacial score (nSPS) is 11.8. The van der Waals surface area contributed by atoms with Gasteiger partial charge >= 0.3 is 0 Å². The molecule has 0 spiro atoms. The summed E-state index contributed by atoms with van der Waals surface area (Å²) in [5.41, 5.74) is 1.70. The fraction of sp³-hybridized carbons (Fsp3) is 0.391. The molecule has 0 aliphatic heterocycles. The molecule has 32 heavy (non-hydrogen) atoms. The van der Waals surface area contributed by atoms with E-state index in [1.165, 1.54) is 11.8 Å². The number of halogens is 4. The lowest BCUT2D eigenvalue weighted by atomic mass is 10.1. The van der Waals surface area contributed by atoms with Crippen molar-refractivity contribution in [2.24, 2.45) is 0 Å². The van der Waals surface area contributed by atoms with Crippen LogP contribution >= 0.6 is 58.2 Å². The number of amides is 2. The first kappa shape index (κ1) is 27.1. The van der Waals surface area contributed by atoms with Gasteiger partial charge in [0.1, 0.15) is 6.04 Å². The summed E-state index contributed by atoms with van der Waals surface area (Å²) in [6.07, 6.45) is 1.86. The molecule has 2 rings (SSSR count). The van der Waals surface area contributed by atoms with E-state index in [4.69, 9.17) is 46.4 Å². The molecule has 0 bridgehead atoms. The van der Waals surface area contributed by atoms with Gasteiger partial charge in [0.2, 0.25) is 11.8 Å². The minimum Gasteiger partial charge on any atom is -0.354 e. The topological polar surface area (TPSA) is 49.4 Å². The number of unbranched alkanes of at least 4 members (excludes halogenated alkanes) is 1. The highest BCUT2D eigenvalue weighted by molar-refractivity contribution is 7.99. The summed E-state index contributed by atoms with van der Waals surface area (Å²) in [5, 5.41) is 4.88. The summed E-state index contributed by atoms with van der Waals surface area (Å²) < 4.78 is 0. The Morgan fingerprint density at radius 3 is 2.44 bits per heavy atom. The Hall–Kier alpha value is -1.11. The van der Waals surface area contributed by atoms with Crippen LogP contribution in [0.4, 0.5) is 0 Å². The van der Waals surface area contributed by atoms with Gasteiger partial charge in [-0.3, -0.25) is 9.59 Å². The summed E-state index contributed by atoms with van der Waals surface area (Å²) in [6, 6.07) is 9.87. The number of nitrogens with one attached hydrogen (secondary N) is 1. The largest absolute Gasteiger partial charge is 0.354 e. The van der Waals surface area contributed by atoms with Gasteiger partial charge in [-0.25, -0.2) is 0 Å². The van der Waals surface area contributed by atoms with Crippen LogP contribution in [0.5, 0.6) is 0 Å². The second kappa shape index (κ2) is 13.6. The van der Waals surface area contributed by atoms with Crippen LogP contribution in [0.15, 0.2) is 36.4 Å². The Labute approximate surface area is 213 Å². The molecular weight excluding hydrogens is 510 g/mol. The lowest BCUT2D eigenvalue weighted by Gasteiger charge is -2.29. The quantitative estimate of drug-likeness (QED) is 0.319. The average Bonchev–Trinajstić information content (AvgIpc) is 2.75. The van der Waals surface area contributed by atoms with Crippen LogP contribution in [0.2, 0.25) is 20.1 Å². The third-order valence-corrected chi connectivity index (χ3v) is 7.12. The molecule has 0 radical (unpaired) electrons. The van der Waals surface area contributed by atoms with Crippen molar-refractivity contribution in [2.75, 3.05) is 12.3 Å². The van der Waals surface area contributed by atoms with Gasteiger partial charge in [0, 0.05) is 28.9 Å². The van der Waals surface area contributed by atoms with Crippen molar-refractivity contribution in [3.63, 3.8) is 0 Å². The first-order valence-electron chi connectivity index (χ1n) is 10.3. The van der Waals surface area contributed by atoms with Gasteiger partial charge in [-0.15, -0.1) is 11.8 Å². The molecule has 0 aromatic heterocycles. The van der Waals surface area contributed by atoms with E-state index in [9.17, 15) is 9.59 Å². The predicted octanol–water partition coefficient (Wildman–Crippen LogP) is 6.87. The number of thioether (sulfide) groups is 1. The Kier molecular flexibility index (Phi) is 11.5. The fourth-order valence-corrected chi connectivity index (χ4v) is 4.71. The zero-order valence-electron chi connectivity index (χ0n) is 18.0. The third kappa shape index (κ3) is 8.35. The Morgan fingerprint density at radius 1 is 1.03 bits per heavy atom. The second-order valence-corrected chi connectivity index (χ2v) is 9.96. The highest BCUT2D eigenvalue weighted by Crippen LogP contribution is 2.26. The highest BCUT2D eigenvalue weighted by Gasteiger charge is 2.26. The minimum atomic E-state index is -0.631. The molecule has 0 aliphatic rings. The van der Waals surface area contributed by atoms with Gasteiger partial charge in [0.05, 0.1) is 15.8 Å². The van der Waals surface area contributed by atoms with Crippen LogP contribution in [0, 0.1) is 0 Å². The molecule has 174 valence electrons. The molecule has 0 aliphatic carbocycles. The molecule has 2 amide bonds. The Balaban J connectivity index is 2.09. The number of rotatable bonds is 11. The van der Waals surface area contributed by atoms with E-state index >= 15 is 0 Å². The van der Waals surface area contributed by atoms with Crippen LogP contribution in [-0.4, -0.2) is 35.1 Å². The van der Waals surface area contributed by atoms with E-state index in [0.29, 0.717) is 32.4 Å². The average molecular weight is 536 g/mol. The molecule has 1 unspecified atom stereocenters. The maximum absolute atomic E-state index is 13.1. The van der Waals surface area contributed by atoms with Gasteiger partial charge in [0.25, 0.3) is 0 Å². The zero-order chi connectivity index (χ0) is 23.7.